The standard InChI is InChI=1S/C7H8F2P2/c1-3-4(8)2-5(10)6(9)7(3)11/h2H,10-11H2,1H3. The summed E-state index contributed by atoms with van der Waals surface area (Å²) in [6.45, 7) is 1.55. The Morgan fingerprint density at radius 3 is 2.36 bits per heavy atom. The third kappa shape index (κ3) is 1.58. The van der Waals surface area contributed by atoms with E-state index in [0.29, 0.717) is 10.9 Å². The van der Waals surface area contributed by atoms with Crippen molar-refractivity contribution in [1.82, 2.24) is 0 Å². The van der Waals surface area contributed by atoms with Gasteiger partial charge in [-0.25, -0.2) is 8.78 Å². The van der Waals surface area contributed by atoms with Crippen LogP contribution >= 0.6 is 18.5 Å². The summed E-state index contributed by atoms with van der Waals surface area (Å²) >= 11 is 0. The molecule has 0 aliphatic carbocycles. The van der Waals surface area contributed by atoms with E-state index in [1.807, 2.05) is 0 Å². The molecule has 0 amide bonds. The van der Waals surface area contributed by atoms with Crippen LogP contribution in [-0.2, 0) is 0 Å². The summed E-state index contributed by atoms with van der Waals surface area (Å²) in [4.78, 5) is 0. The van der Waals surface area contributed by atoms with E-state index in [1.165, 1.54) is 6.07 Å². The molecule has 0 aliphatic rings. The molecule has 0 bridgehead atoms. The van der Waals surface area contributed by atoms with Crippen molar-refractivity contribution in [3.05, 3.63) is 23.3 Å². The van der Waals surface area contributed by atoms with Crippen molar-refractivity contribution < 1.29 is 8.78 Å². The van der Waals surface area contributed by atoms with E-state index >= 15 is 0 Å². The molecule has 0 aliphatic heterocycles. The van der Waals surface area contributed by atoms with Crippen LogP contribution in [0.4, 0.5) is 8.78 Å². The van der Waals surface area contributed by atoms with Gasteiger partial charge in [0.05, 0.1) is 0 Å². The smallest absolute Gasteiger partial charge is 0.137 e. The fourth-order valence-electron chi connectivity index (χ4n) is 0.757. The van der Waals surface area contributed by atoms with Gasteiger partial charge in [0.25, 0.3) is 0 Å². The van der Waals surface area contributed by atoms with Crippen molar-refractivity contribution in [2.75, 3.05) is 0 Å². The van der Waals surface area contributed by atoms with E-state index < -0.39 is 0 Å². The second kappa shape index (κ2) is 3.13. The van der Waals surface area contributed by atoms with Crippen LogP contribution in [0.5, 0.6) is 0 Å². The zero-order valence-corrected chi connectivity index (χ0v) is 8.30. The van der Waals surface area contributed by atoms with E-state index in [9.17, 15) is 8.78 Å². The fraction of sp³-hybridized carbons (Fsp3) is 0.143. The van der Waals surface area contributed by atoms with Crippen molar-refractivity contribution >= 4 is 29.1 Å². The summed E-state index contributed by atoms with van der Waals surface area (Å²) in [7, 11) is 4.33. The van der Waals surface area contributed by atoms with Crippen LogP contribution in [-0.4, -0.2) is 0 Å². The van der Waals surface area contributed by atoms with Crippen LogP contribution in [0.2, 0.25) is 0 Å². The highest BCUT2D eigenvalue weighted by Gasteiger charge is 2.08. The van der Waals surface area contributed by atoms with Gasteiger partial charge in [-0.3, -0.25) is 0 Å². The first kappa shape index (κ1) is 9.03. The molecule has 1 rings (SSSR count). The molecule has 1 aromatic rings. The van der Waals surface area contributed by atoms with Crippen LogP contribution in [0.3, 0.4) is 0 Å². The quantitative estimate of drug-likeness (QED) is 0.543. The Morgan fingerprint density at radius 2 is 1.82 bits per heavy atom. The largest absolute Gasteiger partial charge is 0.207 e. The van der Waals surface area contributed by atoms with Gasteiger partial charge in [0.1, 0.15) is 11.6 Å². The van der Waals surface area contributed by atoms with E-state index in [4.69, 9.17) is 0 Å². The monoisotopic (exact) mass is 192 g/mol. The molecule has 0 radical (unpaired) electrons. The lowest BCUT2D eigenvalue weighted by atomic mass is 10.2. The van der Waals surface area contributed by atoms with Gasteiger partial charge in [0, 0.05) is 10.6 Å². The van der Waals surface area contributed by atoms with Crippen molar-refractivity contribution in [3.8, 4) is 0 Å². The molecule has 4 heteroatoms. The normalized spacial score (nSPS) is 10.3. The van der Waals surface area contributed by atoms with E-state index in [-0.39, 0.29) is 16.9 Å². The number of hydrogen-bond acceptors (Lipinski definition) is 0. The molecule has 0 heterocycles. The zero-order valence-electron chi connectivity index (χ0n) is 5.99. The highest BCUT2D eigenvalue weighted by molar-refractivity contribution is 7.29. The highest BCUT2D eigenvalue weighted by atomic mass is 31.0. The summed E-state index contributed by atoms with van der Waals surface area (Å²) in [5, 5.41) is 0.563. The van der Waals surface area contributed by atoms with Crippen LogP contribution in [0.25, 0.3) is 0 Å². The minimum absolute atomic E-state index is 0.262. The summed E-state index contributed by atoms with van der Waals surface area (Å²) in [6.07, 6.45) is 0. The number of halogens is 2. The van der Waals surface area contributed by atoms with Gasteiger partial charge in [0.2, 0.25) is 0 Å². The van der Waals surface area contributed by atoms with Crippen LogP contribution in [0, 0.1) is 18.6 Å². The van der Waals surface area contributed by atoms with Crippen molar-refractivity contribution in [3.63, 3.8) is 0 Å². The van der Waals surface area contributed by atoms with Gasteiger partial charge in [-0.2, -0.15) is 0 Å². The van der Waals surface area contributed by atoms with Gasteiger partial charge in [-0.05, 0) is 18.6 Å². The van der Waals surface area contributed by atoms with Crippen LogP contribution in [0.15, 0.2) is 6.07 Å². The number of hydrogen-bond donors (Lipinski definition) is 0. The molecule has 0 saturated carbocycles. The summed E-state index contributed by atoms with van der Waals surface area (Å²) in [5.41, 5.74) is 0.346. The topological polar surface area (TPSA) is 0 Å². The Morgan fingerprint density at radius 1 is 1.27 bits per heavy atom. The lowest BCUT2D eigenvalue weighted by molar-refractivity contribution is 0.605. The summed E-state index contributed by atoms with van der Waals surface area (Å²) in [5.74, 6) is -0.750. The minimum Gasteiger partial charge on any atom is -0.207 e. The Labute approximate surface area is 68.8 Å². The van der Waals surface area contributed by atoms with Gasteiger partial charge < -0.3 is 0 Å². The molecular formula is C7H8F2P2. The predicted octanol–water partition coefficient (Wildman–Crippen LogP) is 1.27. The van der Waals surface area contributed by atoms with E-state index in [2.05, 4.69) is 18.5 Å². The summed E-state index contributed by atoms with van der Waals surface area (Å²) < 4.78 is 25.8. The second-order valence-electron chi connectivity index (χ2n) is 2.30. The van der Waals surface area contributed by atoms with Gasteiger partial charge in [0.15, 0.2) is 0 Å². The zero-order chi connectivity index (χ0) is 8.59. The lowest BCUT2D eigenvalue weighted by Gasteiger charge is -2.04. The average Bonchev–Trinajstić information content (AvgIpc) is 1.97. The maximum Gasteiger partial charge on any atom is 0.137 e. The van der Waals surface area contributed by atoms with Crippen LogP contribution < -0.4 is 10.6 Å². The average molecular weight is 192 g/mol. The Kier molecular flexibility index (Phi) is 2.57. The van der Waals surface area contributed by atoms with E-state index in [0.717, 1.165) is 0 Å². The molecule has 60 valence electrons. The summed E-state index contributed by atoms with van der Waals surface area (Å²) in [6, 6.07) is 1.17. The first-order valence-corrected chi connectivity index (χ1v) is 4.19. The maximum absolute atomic E-state index is 13.0. The molecule has 0 aromatic heterocycles. The van der Waals surface area contributed by atoms with Crippen LogP contribution in [0.1, 0.15) is 5.56 Å². The van der Waals surface area contributed by atoms with Gasteiger partial charge in [-0.1, -0.05) is 0 Å². The minimum atomic E-state index is -0.376. The Balaban J connectivity index is 3.46. The lowest BCUT2D eigenvalue weighted by Crippen LogP contribution is -2.15. The van der Waals surface area contributed by atoms with Crippen molar-refractivity contribution in [2.45, 2.75) is 6.92 Å². The number of rotatable bonds is 0. The highest BCUT2D eigenvalue weighted by Crippen LogP contribution is 2.09. The van der Waals surface area contributed by atoms with Gasteiger partial charge in [-0.15, -0.1) is 18.5 Å². The molecule has 11 heavy (non-hydrogen) atoms. The molecule has 0 fully saturated rings. The molecule has 2 atom stereocenters. The molecule has 2 unspecified atom stereocenters. The first-order valence-electron chi connectivity index (χ1n) is 3.03. The number of benzene rings is 1. The Bertz CT molecular complexity index is 271. The molecule has 0 spiro atoms. The van der Waals surface area contributed by atoms with E-state index in [1.54, 1.807) is 6.92 Å². The third-order valence-corrected chi connectivity index (χ3v) is 2.64. The SMILES string of the molecule is Cc1c(F)cc(P)c(F)c1P. The molecule has 0 saturated heterocycles. The predicted molar refractivity (Wildman–Crippen MR) is 49.8 cm³/mol. The first-order chi connectivity index (χ1) is 5.04. The fourth-order valence-corrected chi connectivity index (χ4v) is 1.53. The second-order valence-corrected chi connectivity index (χ2v) is 3.50. The van der Waals surface area contributed by atoms with Crippen molar-refractivity contribution in [2.24, 2.45) is 0 Å². The molecule has 1 aromatic carbocycles. The molecule has 0 N–H and O–H groups in total. The maximum atomic E-state index is 13.0. The van der Waals surface area contributed by atoms with Gasteiger partial charge >= 0.3 is 0 Å². The molecule has 0 nitrogen and oxygen atoms in total. The molecular weight excluding hydrogens is 184 g/mol. The van der Waals surface area contributed by atoms with Crippen molar-refractivity contribution in [1.29, 1.82) is 0 Å². The third-order valence-electron chi connectivity index (χ3n) is 1.53. The Hall–Kier alpha value is -0.0600.